The van der Waals surface area contributed by atoms with E-state index in [1.165, 1.54) is 6.04 Å². The first kappa shape index (κ1) is 14.9. The zero-order valence-electron chi connectivity index (χ0n) is 11.3. The fourth-order valence-corrected chi connectivity index (χ4v) is 3.83. The minimum absolute atomic E-state index is 0.356. The molecule has 0 amide bonds. The summed E-state index contributed by atoms with van der Waals surface area (Å²) in [5.41, 5.74) is 0. The average molecular weight is 228 g/mol. The van der Waals surface area contributed by atoms with Gasteiger partial charge >= 0.3 is 0 Å². The van der Waals surface area contributed by atoms with Crippen molar-refractivity contribution in [2.45, 2.75) is 52.1 Å². The van der Waals surface area contributed by atoms with Gasteiger partial charge in [-0.15, -0.1) is 6.58 Å². The van der Waals surface area contributed by atoms with Crippen LogP contribution in [0.25, 0.3) is 0 Å². The molecule has 0 aromatic rings. The lowest BCUT2D eigenvalue weighted by atomic mass is 9.96. The monoisotopic (exact) mass is 228 g/mol. The van der Waals surface area contributed by atoms with E-state index in [4.69, 9.17) is 4.74 Å². The summed E-state index contributed by atoms with van der Waals surface area (Å²) in [5.74, 6) is 1.23. The number of hydrogen-bond donors (Lipinski definition) is 0. The normalized spacial score (nSPS) is 16.5. The zero-order valence-corrected chi connectivity index (χ0v) is 12.3. The van der Waals surface area contributed by atoms with Crippen LogP contribution < -0.4 is 0 Å². The lowest BCUT2D eigenvalue weighted by molar-refractivity contribution is 0.0569. The third kappa shape index (κ3) is 6.91. The van der Waals surface area contributed by atoms with Gasteiger partial charge in [0.2, 0.25) is 0 Å². The summed E-state index contributed by atoms with van der Waals surface area (Å²) < 4.78 is 5.61. The molecule has 0 aromatic carbocycles. The molecule has 0 spiro atoms. The molecule has 2 atom stereocenters. The highest BCUT2D eigenvalue weighted by molar-refractivity contribution is 6.76. The van der Waals surface area contributed by atoms with Crippen molar-refractivity contribution in [1.82, 2.24) is 0 Å². The van der Waals surface area contributed by atoms with Gasteiger partial charge in [0.05, 0.1) is 6.10 Å². The molecule has 15 heavy (non-hydrogen) atoms. The molecule has 90 valence electrons. The number of ether oxygens (including phenoxy) is 1. The molecule has 0 N–H and O–H groups in total. The van der Waals surface area contributed by atoms with Crippen LogP contribution in [0.3, 0.4) is 0 Å². The smallest absolute Gasteiger partial charge is 0.0633 e. The van der Waals surface area contributed by atoms with E-state index in [2.05, 4.69) is 46.1 Å². The lowest BCUT2D eigenvalue weighted by Gasteiger charge is -2.29. The van der Waals surface area contributed by atoms with Crippen LogP contribution in [-0.4, -0.2) is 21.3 Å². The van der Waals surface area contributed by atoms with Crippen molar-refractivity contribution in [1.29, 1.82) is 0 Å². The predicted octanol–water partition coefficient (Wildman–Crippen LogP) is 4.19. The standard InChI is InChI=1S/C13H28OSi/c1-8-12(10-15(5,6)7)13(14-4)9-11(2)3/h8,11-13H,1,9-10H2,2-7H3. The quantitative estimate of drug-likeness (QED) is 0.469. The molecule has 0 aliphatic heterocycles. The van der Waals surface area contributed by atoms with E-state index < -0.39 is 8.07 Å². The number of methoxy groups -OCH3 is 1. The van der Waals surface area contributed by atoms with Gasteiger partial charge in [0.25, 0.3) is 0 Å². The van der Waals surface area contributed by atoms with E-state index >= 15 is 0 Å². The molecule has 2 unspecified atom stereocenters. The van der Waals surface area contributed by atoms with Gasteiger partial charge in [-0.1, -0.05) is 39.6 Å². The third-order valence-corrected chi connectivity index (χ3v) is 4.33. The Labute approximate surface area is 96.9 Å². The van der Waals surface area contributed by atoms with Crippen LogP contribution in [0.5, 0.6) is 0 Å². The van der Waals surface area contributed by atoms with Crippen LogP contribution in [0, 0.1) is 11.8 Å². The second-order valence-electron chi connectivity index (χ2n) is 6.07. The van der Waals surface area contributed by atoms with Gasteiger partial charge in [0.15, 0.2) is 0 Å². The molecule has 1 nitrogen and oxygen atoms in total. The molecule has 0 heterocycles. The lowest BCUT2D eigenvalue weighted by Crippen LogP contribution is -2.31. The molecular weight excluding hydrogens is 200 g/mol. The summed E-state index contributed by atoms with van der Waals surface area (Å²) in [4.78, 5) is 0. The highest BCUT2D eigenvalue weighted by atomic mass is 28.3. The molecule has 0 aliphatic carbocycles. The van der Waals surface area contributed by atoms with Crippen LogP contribution in [-0.2, 0) is 4.74 Å². The van der Waals surface area contributed by atoms with Gasteiger partial charge < -0.3 is 4.74 Å². The van der Waals surface area contributed by atoms with Gasteiger partial charge in [0.1, 0.15) is 0 Å². The molecule has 2 heteroatoms. The second-order valence-corrected chi connectivity index (χ2v) is 11.6. The Bertz CT molecular complexity index is 181. The maximum Gasteiger partial charge on any atom is 0.0633 e. The topological polar surface area (TPSA) is 9.23 Å². The van der Waals surface area contributed by atoms with Gasteiger partial charge in [-0.25, -0.2) is 0 Å². The molecule has 0 saturated heterocycles. The summed E-state index contributed by atoms with van der Waals surface area (Å²) in [6, 6.07) is 1.28. The average Bonchev–Trinajstić information content (AvgIpc) is 2.08. The molecule has 0 rings (SSSR count). The Morgan fingerprint density at radius 1 is 1.27 bits per heavy atom. The molecule has 0 aliphatic rings. The van der Waals surface area contributed by atoms with E-state index in [1.54, 1.807) is 0 Å². The first-order chi connectivity index (χ1) is 6.80. The van der Waals surface area contributed by atoms with E-state index in [-0.39, 0.29) is 0 Å². The van der Waals surface area contributed by atoms with Crippen LogP contribution in [0.4, 0.5) is 0 Å². The van der Waals surface area contributed by atoms with Crippen molar-refractivity contribution < 1.29 is 4.74 Å². The minimum Gasteiger partial charge on any atom is -0.381 e. The Morgan fingerprint density at radius 3 is 2.07 bits per heavy atom. The summed E-state index contributed by atoms with van der Waals surface area (Å²) >= 11 is 0. The minimum atomic E-state index is -1.02. The highest BCUT2D eigenvalue weighted by Crippen LogP contribution is 2.26. The Hall–Kier alpha value is -0.0831. The molecule has 0 saturated carbocycles. The fourth-order valence-electron chi connectivity index (χ4n) is 1.98. The zero-order chi connectivity index (χ0) is 12.1. The van der Waals surface area contributed by atoms with E-state index in [0.717, 1.165) is 6.42 Å². The van der Waals surface area contributed by atoms with E-state index in [9.17, 15) is 0 Å². The first-order valence-electron chi connectivity index (χ1n) is 5.95. The Morgan fingerprint density at radius 2 is 1.80 bits per heavy atom. The van der Waals surface area contributed by atoms with Crippen molar-refractivity contribution in [3.8, 4) is 0 Å². The van der Waals surface area contributed by atoms with Crippen LogP contribution in [0.15, 0.2) is 12.7 Å². The maximum atomic E-state index is 5.61. The van der Waals surface area contributed by atoms with Crippen LogP contribution in [0.2, 0.25) is 25.7 Å². The van der Waals surface area contributed by atoms with Crippen molar-refractivity contribution in [3.63, 3.8) is 0 Å². The van der Waals surface area contributed by atoms with E-state index in [1.807, 2.05) is 7.11 Å². The van der Waals surface area contributed by atoms with Crippen LogP contribution >= 0.6 is 0 Å². The van der Waals surface area contributed by atoms with Gasteiger partial charge in [-0.2, -0.15) is 0 Å². The summed E-state index contributed by atoms with van der Waals surface area (Å²) in [7, 11) is 0.805. The summed E-state index contributed by atoms with van der Waals surface area (Å²) in [5, 5.41) is 0. The van der Waals surface area contributed by atoms with Gasteiger partial charge in [0, 0.05) is 21.1 Å². The van der Waals surface area contributed by atoms with Crippen molar-refractivity contribution >= 4 is 8.07 Å². The molecule has 0 bridgehead atoms. The molecule has 0 aromatic heterocycles. The fraction of sp³-hybridized carbons (Fsp3) is 0.846. The van der Waals surface area contributed by atoms with E-state index in [0.29, 0.717) is 17.9 Å². The SMILES string of the molecule is C=CC(C[Si](C)(C)C)C(CC(C)C)OC. The number of rotatable bonds is 7. The largest absolute Gasteiger partial charge is 0.381 e. The molecule has 0 fully saturated rings. The van der Waals surface area contributed by atoms with Crippen molar-refractivity contribution in [2.75, 3.05) is 7.11 Å². The summed E-state index contributed by atoms with van der Waals surface area (Å²) in [6.07, 6.45) is 3.58. The van der Waals surface area contributed by atoms with Gasteiger partial charge in [-0.05, 0) is 18.4 Å². The molecule has 0 radical (unpaired) electrons. The highest BCUT2D eigenvalue weighted by Gasteiger charge is 2.25. The molecular formula is C13H28OSi. The third-order valence-electron chi connectivity index (χ3n) is 2.63. The maximum absolute atomic E-state index is 5.61. The number of hydrogen-bond acceptors (Lipinski definition) is 1. The van der Waals surface area contributed by atoms with Gasteiger partial charge in [-0.3, -0.25) is 0 Å². The summed E-state index contributed by atoms with van der Waals surface area (Å²) in [6.45, 7) is 15.7. The first-order valence-corrected chi connectivity index (χ1v) is 9.66. The van der Waals surface area contributed by atoms with Crippen molar-refractivity contribution in [3.05, 3.63) is 12.7 Å². The Balaban J connectivity index is 4.40. The van der Waals surface area contributed by atoms with Crippen molar-refractivity contribution in [2.24, 2.45) is 11.8 Å². The predicted molar refractivity (Wildman–Crippen MR) is 72.1 cm³/mol. The Kier molecular flexibility index (Phi) is 6.45. The second kappa shape index (κ2) is 6.49. The van der Waals surface area contributed by atoms with Crippen LogP contribution in [0.1, 0.15) is 20.3 Å².